The number of hydrogen-bond acceptors (Lipinski definition) is 3. The van der Waals surface area contributed by atoms with Crippen LogP contribution in [0.15, 0.2) is 185 Å². The van der Waals surface area contributed by atoms with Crippen molar-refractivity contribution in [3.05, 3.63) is 176 Å². The van der Waals surface area contributed by atoms with Crippen LogP contribution in [0.2, 0.25) is 0 Å². The predicted molar refractivity (Wildman–Crippen MR) is 204 cm³/mol. The molecule has 3 nitrogen and oxygen atoms in total. The van der Waals surface area contributed by atoms with E-state index in [9.17, 15) is 0 Å². The fourth-order valence-electron chi connectivity index (χ4n) is 7.42. The lowest BCUT2D eigenvalue weighted by Crippen LogP contribution is -2.11. The molecule has 0 unspecified atom stereocenters. The first kappa shape index (κ1) is 27.5. The molecule has 0 fully saturated rings. The Morgan fingerprint density at radius 2 is 0.980 bits per heavy atom. The molecule has 0 aliphatic carbocycles. The average molecular weight is 628 g/mol. The van der Waals surface area contributed by atoms with Crippen LogP contribution in [0.3, 0.4) is 0 Å². The molecule has 0 atom stereocenters. The summed E-state index contributed by atoms with van der Waals surface area (Å²) in [5.74, 6) is 0. The Balaban J connectivity index is 1.25. The molecule has 0 aliphatic rings. The van der Waals surface area contributed by atoms with Crippen LogP contribution in [0, 0.1) is 0 Å². The highest BCUT2D eigenvalue weighted by molar-refractivity contribution is 6.20. The van der Waals surface area contributed by atoms with Gasteiger partial charge in [-0.15, -0.1) is 0 Å². The number of furan rings is 2. The summed E-state index contributed by atoms with van der Waals surface area (Å²) in [6.45, 7) is 0. The lowest BCUT2D eigenvalue weighted by molar-refractivity contribution is 0.670. The molecule has 0 amide bonds. The van der Waals surface area contributed by atoms with Crippen molar-refractivity contribution >= 4 is 71.7 Å². The van der Waals surface area contributed by atoms with Crippen molar-refractivity contribution in [3.8, 4) is 22.3 Å². The number of nitrogens with zero attached hydrogens (tertiary/aromatic N) is 1. The Morgan fingerprint density at radius 1 is 0.347 bits per heavy atom. The van der Waals surface area contributed by atoms with Crippen LogP contribution in [0.5, 0.6) is 0 Å². The van der Waals surface area contributed by atoms with E-state index in [0.717, 1.165) is 82.8 Å². The van der Waals surface area contributed by atoms with Gasteiger partial charge in [0.2, 0.25) is 0 Å². The van der Waals surface area contributed by atoms with Crippen molar-refractivity contribution in [1.29, 1.82) is 0 Å². The highest BCUT2D eigenvalue weighted by atomic mass is 16.3. The van der Waals surface area contributed by atoms with Gasteiger partial charge in [0.25, 0.3) is 0 Å². The summed E-state index contributed by atoms with van der Waals surface area (Å²) in [5, 5.41) is 6.66. The monoisotopic (exact) mass is 627 g/mol. The summed E-state index contributed by atoms with van der Waals surface area (Å²) < 4.78 is 13.2. The fourth-order valence-corrected chi connectivity index (χ4v) is 7.42. The van der Waals surface area contributed by atoms with Crippen molar-refractivity contribution in [2.45, 2.75) is 0 Å². The Hall–Kier alpha value is -6.58. The van der Waals surface area contributed by atoms with Gasteiger partial charge < -0.3 is 13.7 Å². The minimum absolute atomic E-state index is 0.853. The maximum Gasteiger partial charge on any atom is 0.143 e. The van der Waals surface area contributed by atoms with Crippen molar-refractivity contribution in [2.24, 2.45) is 0 Å². The zero-order valence-corrected chi connectivity index (χ0v) is 26.5. The lowest BCUT2D eigenvalue weighted by atomic mass is 9.98. The zero-order valence-electron chi connectivity index (χ0n) is 26.5. The van der Waals surface area contributed by atoms with Crippen LogP contribution >= 0.6 is 0 Å². The van der Waals surface area contributed by atoms with Gasteiger partial charge in [0, 0.05) is 38.4 Å². The Labute approximate surface area is 282 Å². The number of hydrogen-bond donors (Lipinski definition) is 0. The normalized spacial score (nSPS) is 11.7. The van der Waals surface area contributed by atoms with Gasteiger partial charge in [0.05, 0.1) is 16.8 Å². The molecule has 0 N–H and O–H groups in total. The van der Waals surface area contributed by atoms with E-state index in [-0.39, 0.29) is 0 Å². The standard InChI is InChI=1S/C46H29NO2/c1-2-12-30(13-3-1)31-24-27-33(28-25-31)47(41-21-11-23-43-44(41)39-29-26-32-14-4-5-15-34(32)45(39)49-43)40-20-8-6-16-35(40)37-18-10-19-38-36-17-7-9-22-42(36)48-46(37)38/h1-29H. The highest BCUT2D eigenvalue weighted by Gasteiger charge is 2.24. The van der Waals surface area contributed by atoms with Crippen molar-refractivity contribution in [2.75, 3.05) is 4.90 Å². The van der Waals surface area contributed by atoms with Gasteiger partial charge in [-0.2, -0.15) is 0 Å². The molecule has 0 aliphatic heterocycles. The number of anilines is 3. The van der Waals surface area contributed by atoms with E-state index in [0.29, 0.717) is 0 Å². The molecule has 8 aromatic carbocycles. The second kappa shape index (κ2) is 11.0. The Bertz CT molecular complexity index is 2830. The fraction of sp³-hybridized carbons (Fsp3) is 0. The molecule has 0 radical (unpaired) electrons. The summed E-state index contributed by atoms with van der Waals surface area (Å²) in [4.78, 5) is 2.37. The lowest BCUT2D eigenvalue weighted by Gasteiger charge is -2.28. The molecule has 230 valence electrons. The number of para-hydroxylation sites is 3. The van der Waals surface area contributed by atoms with E-state index < -0.39 is 0 Å². The smallest absolute Gasteiger partial charge is 0.143 e. The number of fused-ring (bicyclic) bond motifs is 8. The third-order valence-corrected chi connectivity index (χ3v) is 9.68. The molecule has 10 rings (SSSR count). The first-order valence-electron chi connectivity index (χ1n) is 16.6. The third kappa shape index (κ3) is 4.37. The molecule has 3 heteroatoms. The second-order valence-corrected chi connectivity index (χ2v) is 12.5. The zero-order chi connectivity index (χ0) is 32.3. The van der Waals surface area contributed by atoms with E-state index in [1.54, 1.807) is 0 Å². The summed E-state index contributed by atoms with van der Waals surface area (Å²) >= 11 is 0. The van der Waals surface area contributed by atoms with Crippen LogP contribution < -0.4 is 4.90 Å². The highest BCUT2D eigenvalue weighted by Crippen LogP contribution is 2.48. The summed E-state index contributed by atoms with van der Waals surface area (Å²) in [6.07, 6.45) is 0. The minimum Gasteiger partial charge on any atom is -0.455 e. The molecule has 0 saturated heterocycles. The Morgan fingerprint density at radius 3 is 1.88 bits per heavy atom. The van der Waals surface area contributed by atoms with Gasteiger partial charge in [-0.25, -0.2) is 0 Å². The minimum atomic E-state index is 0.853. The van der Waals surface area contributed by atoms with E-state index in [2.05, 4.69) is 169 Å². The quantitative estimate of drug-likeness (QED) is 0.190. The van der Waals surface area contributed by atoms with Crippen LogP contribution in [0.1, 0.15) is 0 Å². The molecular weight excluding hydrogens is 599 g/mol. The maximum absolute atomic E-state index is 6.67. The Kier molecular flexibility index (Phi) is 6.18. The number of rotatable bonds is 5. The predicted octanol–water partition coefficient (Wildman–Crippen LogP) is 13.4. The molecule has 10 aromatic rings. The van der Waals surface area contributed by atoms with Gasteiger partial charge in [0.15, 0.2) is 0 Å². The molecule has 0 bridgehead atoms. The van der Waals surface area contributed by atoms with Crippen molar-refractivity contribution in [1.82, 2.24) is 0 Å². The van der Waals surface area contributed by atoms with Crippen LogP contribution in [-0.2, 0) is 0 Å². The van der Waals surface area contributed by atoms with Gasteiger partial charge >= 0.3 is 0 Å². The number of benzene rings is 8. The molecular formula is C46H29NO2. The van der Waals surface area contributed by atoms with E-state index in [1.807, 2.05) is 12.1 Å². The van der Waals surface area contributed by atoms with Gasteiger partial charge in [-0.1, -0.05) is 133 Å². The summed E-state index contributed by atoms with van der Waals surface area (Å²) in [7, 11) is 0. The second-order valence-electron chi connectivity index (χ2n) is 12.5. The van der Waals surface area contributed by atoms with Crippen molar-refractivity contribution in [3.63, 3.8) is 0 Å². The third-order valence-electron chi connectivity index (χ3n) is 9.68. The van der Waals surface area contributed by atoms with E-state index in [1.165, 1.54) is 11.1 Å². The largest absolute Gasteiger partial charge is 0.455 e. The van der Waals surface area contributed by atoms with Gasteiger partial charge in [-0.05, 0) is 59.0 Å². The van der Waals surface area contributed by atoms with Gasteiger partial charge in [-0.3, -0.25) is 0 Å². The van der Waals surface area contributed by atoms with Crippen LogP contribution in [0.25, 0.3) is 76.9 Å². The molecule has 0 saturated carbocycles. The van der Waals surface area contributed by atoms with Crippen molar-refractivity contribution < 1.29 is 8.83 Å². The maximum atomic E-state index is 6.67. The first-order chi connectivity index (χ1) is 24.3. The van der Waals surface area contributed by atoms with Crippen LogP contribution in [0.4, 0.5) is 17.1 Å². The molecule has 0 spiro atoms. The van der Waals surface area contributed by atoms with Crippen LogP contribution in [-0.4, -0.2) is 0 Å². The van der Waals surface area contributed by atoms with Gasteiger partial charge in [0.1, 0.15) is 22.3 Å². The van der Waals surface area contributed by atoms with E-state index >= 15 is 0 Å². The molecule has 2 heterocycles. The van der Waals surface area contributed by atoms with E-state index in [4.69, 9.17) is 8.83 Å². The summed E-state index contributed by atoms with van der Waals surface area (Å²) in [6, 6.07) is 61.9. The molecule has 49 heavy (non-hydrogen) atoms. The first-order valence-corrected chi connectivity index (χ1v) is 16.6. The average Bonchev–Trinajstić information content (AvgIpc) is 3.75. The SMILES string of the molecule is c1ccc(-c2ccc(N(c3ccccc3-c3cccc4c3oc3ccccc34)c3cccc4oc5c6ccccc6ccc5c34)cc2)cc1. The topological polar surface area (TPSA) is 29.5 Å². The molecule has 2 aromatic heterocycles. The summed E-state index contributed by atoms with van der Waals surface area (Å²) in [5.41, 5.74) is 11.1.